The van der Waals surface area contributed by atoms with Crippen molar-refractivity contribution in [1.82, 2.24) is 10.3 Å². The number of aromatic nitrogens is 1. The lowest BCUT2D eigenvalue weighted by atomic mass is 9.95. The number of hydrogen-bond acceptors (Lipinski definition) is 4. The van der Waals surface area contributed by atoms with Gasteiger partial charge in [-0.3, -0.25) is 9.98 Å². The van der Waals surface area contributed by atoms with E-state index in [1.807, 2.05) is 18.5 Å². The monoisotopic (exact) mass is 344 g/mol. The van der Waals surface area contributed by atoms with Gasteiger partial charge in [-0.2, -0.15) is 0 Å². The molecule has 2 fully saturated rings. The first-order valence-corrected chi connectivity index (χ1v) is 9.63. The van der Waals surface area contributed by atoms with Crippen molar-refractivity contribution in [2.24, 2.45) is 4.99 Å². The lowest BCUT2D eigenvalue weighted by Crippen LogP contribution is -2.43. The minimum Gasteiger partial charge on any atom is -0.366 e. The van der Waals surface area contributed by atoms with Crippen molar-refractivity contribution in [3.63, 3.8) is 0 Å². The van der Waals surface area contributed by atoms with Crippen molar-refractivity contribution >= 4 is 17.5 Å². The van der Waals surface area contributed by atoms with Crippen LogP contribution in [-0.2, 0) is 0 Å². The second kappa shape index (κ2) is 6.69. The Kier molecular flexibility index (Phi) is 4.06. The highest BCUT2D eigenvalue weighted by Gasteiger charge is 2.37. The van der Waals surface area contributed by atoms with Gasteiger partial charge >= 0.3 is 0 Å². The molecule has 4 heteroatoms. The summed E-state index contributed by atoms with van der Waals surface area (Å²) in [4.78, 5) is 11.6. The van der Waals surface area contributed by atoms with Gasteiger partial charge in [0.05, 0.1) is 5.71 Å². The summed E-state index contributed by atoms with van der Waals surface area (Å²) in [6, 6.07) is 14.5. The summed E-state index contributed by atoms with van der Waals surface area (Å²) >= 11 is 0. The SMILES string of the molecule is C(=C1/CCCN=C1c1cccnc1)/c1ccc(N2C[C@@H]3C[C@H]2CN3)cc1. The third-order valence-electron chi connectivity index (χ3n) is 5.74. The fourth-order valence-corrected chi connectivity index (χ4v) is 4.44. The number of benzene rings is 1. The van der Waals surface area contributed by atoms with Crippen molar-refractivity contribution in [2.75, 3.05) is 24.5 Å². The highest BCUT2D eigenvalue weighted by molar-refractivity contribution is 6.15. The molecule has 0 aliphatic carbocycles. The normalized spacial score (nSPS) is 26.4. The molecule has 1 N–H and O–H groups in total. The number of allylic oxidation sites excluding steroid dienone is 1. The van der Waals surface area contributed by atoms with Gasteiger partial charge in [-0.25, -0.2) is 0 Å². The molecule has 132 valence electrons. The standard InChI is InChI=1S/C22H24N4/c1-4-18(13-23-9-1)22-17(3-2-10-24-22)11-16-5-7-20(8-6-16)26-15-19-12-21(26)14-25-19/h1,4-9,11,13,19,21,25H,2-3,10,12,14-15H2/b17-11+/t19-,21-/m0/s1. The predicted molar refractivity (Wildman–Crippen MR) is 107 cm³/mol. The number of rotatable bonds is 3. The molecule has 3 aliphatic rings. The summed E-state index contributed by atoms with van der Waals surface area (Å²) in [7, 11) is 0. The molecule has 0 saturated carbocycles. The van der Waals surface area contributed by atoms with E-state index in [1.54, 1.807) is 0 Å². The van der Waals surface area contributed by atoms with Gasteiger partial charge in [0.25, 0.3) is 0 Å². The van der Waals surface area contributed by atoms with E-state index in [-0.39, 0.29) is 0 Å². The molecule has 1 aromatic carbocycles. The van der Waals surface area contributed by atoms with E-state index < -0.39 is 0 Å². The van der Waals surface area contributed by atoms with Crippen molar-refractivity contribution in [3.8, 4) is 0 Å². The molecule has 0 spiro atoms. The zero-order chi connectivity index (χ0) is 17.3. The summed E-state index contributed by atoms with van der Waals surface area (Å²) in [6.45, 7) is 3.18. The van der Waals surface area contributed by atoms with Gasteiger partial charge in [0.2, 0.25) is 0 Å². The Hall–Kier alpha value is -2.46. The Morgan fingerprint density at radius 3 is 2.81 bits per heavy atom. The molecule has 5 rings (SSSR count). The van der Waals surface area contributed by atoms with Crippen LogP contribution in [0.25, 0.3) is 6.08 Å². The van der Waals surface area contributed by atoms with E-state index in [0.717, 1.165) is 43.8 Å². The summed E-state index contributed by atoms with van der Waals surface area (Å²) in [6.07, 6.45) is 9.52. The van der Waals surface area contributed by atoms with E-state index in [9.17, 15) is 0 Å². The second-order valence-electron chi connectivity index (χ2n) is 7.48. The van der Waals surface area contributed by atoms with E-state index in [0.29, 0.717) is 12.1 Å². The van der Waals surface area contributed by atoms with Crippen LogP contribution in [0.5, 0.6) is 0 Å². The number of aliphatic imine (C=N–C) groups is 1. The number of fused-ring (bicyclic) bond motifs is 2. The van der Waals surface area contributed by atoms with Crippen LogP contribution >= 0.6 is 0 Å². The average molecular weight is 344 g/mol. The molecule has 1 aromatic heterocycles. The smallest absolute Gasteiger partial charge is 0.0694 e. The fraction of sp³-hybridized carbons (Fsp3) is 0.364. The number of pyridine rings is 1. The number of hydrogen-bond donors (Lipinski definition) is 1. The molecule has 0 amide bonds. The zero-order valence-electron chi connectivity index (χ0n) is 14.9. The molecule has 4 heterocycles. The minimum atomic E-state index is 0.673. The topological polar surface area (TPSA) is 40.5 Å². The number of piperazine rings is 1. The van der Waals surface area contributed by atoms with Crippen molar-refractivity contribution in [2.45, 2.75) is 31.3 Å². The van der Waals surface area contributed by atoms with Gasteiger partial charge in [0.15, 0.2) is 0 Å². The van der Waals surface area contributed by atoms with Crippen molar-refractivity contribution in [1.29, 1.82) is 0 Å². The number of nitrogens with one attached hydrogen (secondary N) is 1. The average Bonchev–Trinajstić information content (AvgIpc) is 3.33. The molecule has 2 aromatic rings. The fourth-order valence-electron chi connectivity index (χ4n) is 4.44. The van der Waals surface area contributed by atoms with E-state index in [4.69, 9.17) is 4.99 Å². The van der Waals surface area contributed by atoms with Crippen molar-refractivity contribution < 1.29 is 0 Å². The molecule has 2 atom stereocenters. The van der Waals surface area contributed by atoms with Crippen LogP contribution in [-0.4, -0.2) is 42.4 Å². The van der Waals surface area contributed by atoms with E-state index in [1.165, 1.54) is 23.2 Å². The maximum absolute atomic E-state index is 4.78. The van der Waals surface area contributed by atoms with Crippen LogP contribution in [0.1, 0.15) is 30.4 Å². The lowest BCUT2D eigenvalue weighted by Gasteiger charge is -2.29. The van der Waals surface area contributed by atoms with Crippen LogP contribution in [0.2, 0.25) is 0 Å². The second-order valence-corrected chi connectivity index (χ2v) is 7.48. The molecule has 2 saturated heterocycles. The Balaban J connectivity index is 1.39. The molecule has 0 radical (unpaired) electrons. The van der Waals surface area contributed by atoms with Crippen LogP contribution in [0.3, 0.4) is 0 Å². The maximum atomic E-state index is 4.78. The van der Waals surface area contributed by atoms with Crippen LogP contribution in [0, 0.1) is 0 Å². The van der Waals surface area contributed by atoms with Gasteiger partial charge in [-0.05, 0) is 60.7 Å². The van der Waals surface area contributed by atoms with Crippen molar-refractivity contribution in [3.05, 3.63) is 65.5 Å². The number of anilines is 1. The molecular formula is C22H24N4. The predicted octanol–water partition coefficient (Wildman–Crippen LogP) is 3.30. The van der Waals surface area contributed by atoms with Crippen LogP contribution in [0.15, 0.2) is 59.4 Å². The Bertz CT molecular complexity index is 838. The number of nitrogens with zero attached hydrogens (tertiary/aromatic N) is 3. The third kappa shape index (κ3) is 2.95. The minimum absolute atomic E-state index is 0.673. The van der Waals surface area contributed by atoms with Gasteiger partial charge in [0.1, 0.15) is 0 Å². The van der Waals surface area contributed by atoms with Crippen LogP contribution < -0.4 is 10.2 Å². The first kappa shape index (κ1) is 15.8. The molecule has 3 aliphatic heterocycles. The quantitative estimate of drug-likeness (QED) is 0.929. The highest BCUT2D eigenvalue weighted by Crippen LogP contribution is 2.30. The maximum Gasteiger partial charge on any atom is 0.0694 e. The summed E-state index contributed by atoms with van der Waals surface area (Å²) in [5.41, 5.74) is 6.16. The first-order chi connectivity index (χ1) is 12.9. The van der Waals surface area contributed by atoms with Gasteiger partial charge in [-0.1, -0.05) is 12.1 Å². The van der Waals surface area contributed by atoms with E-state index >= 15 is 0 Å². The van der Waals surface area contributed by atoms with Crippen LogP contribution in [0.4, 0.5) is 5.69 Å². The largest absolute Gasteiger partial charge is 0.366 e. The Morgan fingerprint density at radius 1 is 1.15 bits per heavy atom. The molecule has 0 unspecified atom stereocenters. The highest BCUT2D eigenvalue weighted by atomic mass is 15.3. The molecule has 26 heavy (non-hydrogen) atoms. The van der Waals surface area contributed by atoms with E-state index in [2.05, 4.69) is 51.6 Å². The summed E-state index contributed by atoms with van der Waals surface area (Å²) in [5.74, 6) is 0. The molecule has 4 nitrogen and oxygen atoms in total. The zero-order valence-corrected chi connectivity index (χ0v) is 14.9. The first-order valence-electron chi connectivity index (χ1n) is 9.63. The summed E-state index contributed by atoms with van der Waals surface area (Å²) < 4.78 is 0. The lowest BCUT2D eigenvalue weighted by molar-refractivity contribution is 0.580. The molecular weight excluding hydrogens is 320 g/mol. The Labute approximate surface area is 154 Å². The molecule has 2 bridgehead atoms. The van der Waals surface area contributed by atoms with Gasteiger partial charge in [0, 0.05) is 55.4 Å². The third-order valence-corrected chi connectivity index (χ3v) is 5.74. The summed E-state index contributed by atoms with van der Waals surface area (Å²) in [5, 5.41) is 3.57. The van der Waals surface area contributed by atoms with Gasteiger partial charge < -0.3 is 10.2 Å². The Morgan fingerprint density at radius 2 is 2.08 bits per heavy atom. The van der Waals surface area contributed by atoms with Gasteiger partial charge in [-0.15, -0.1) is 0 Å².